The predicted octanol–water partition coefficient (Wildman–Crippen LogP) is 5.00. The third kappa shape index (κ3) is 6.02. The van der Waals surface area contributed by atoms with Gasteiger partial charge in [0.2, 0.25) is 11.8 Å². The maximum absolute atomic E-state index is 12.4. The molecule has 3 aromatic rings. The van der Waals surface area contributed by atoms with E-state index in [1.54, 1.807) is 24.3 Å². The molecular formula is C22H23N3O3S. The van der Waals surface area contributed by atoms with Crippen LogP contribution >= 0.6 is 11.8 Å². The zero-order valence-electron chi connectivity index (χ0n) is 16.6. The van der Waals surface area contributed by atoms with Gasteiger partial charge in [0.25, 0.3) is 5.22 Å². The molecule has 1 heterocycles. The average Bonchev–Trinajstić information content (AvgIpc) is 3.15. The molecule has 0 fully saturated rings. The molecule has 1 aromatic heterocycles. The quantitative estimate of drug-likeness (QED) is 0.416. The first-order valence-corrected chi connectivity index (χ1v) is 10.4. The van der Waals surface area contributed by atoms with Crippen LogP contribution in [-0.2, 0) is 4.79 Å². The SMILES string of the molecule is Cc1ccc(-c2nnc(SCC(=O)c3ccc(NC(=O)CC(C)C)cc3)o2)cc1. The smallest absolute Gasteiger partial charge is 0.277 e. The number of aromatic nitrogens is 2. The minimum absolute atomic E-state index is 0.0320. The number of rotatable bonds is 8. The Morgan fingerprint density at radius 1 is 1.03 bits per heavy atom. The third-order valence-corrected chi connectivity index (χ3v) is 4.93. The van der Waals surface area contributed by atoms with Crippen LogP contribution in [0.25, 0.3) is 11.5 Å². The van der Waals surface area contributed by atoms with Gasteiger partial charge < -0.3 is 9.73 Å². The van der Waals surface area contributed by atoms with Crippen LogP contribution in [0.2, 0.25) is 0 Å². The summed E-state index contributed by atoms with van der Waals surface area (Å²) in [5, 5.41) is 11.2. The highest BCUT2D eigenvalue weighted by atomic mass is 32.2. The molecular weight excluding hydrogens is 386 g/mol. The first-order chi connectivity index (χ1) is 13.9. The summed E-state index contributed by atoms with van der Waals surface area (Å²) in [7, 11) is 0. The van der Waals surface area contributed by atoms with Gasteiger partial charge in [-0.05, 0) is 49.2 Å². The van der Waals surface area contributed by atoms with E-state index >= 15 is 0 Å². The van der Waals surface area contributed by atoms with Gasteiger partial charge in [-0.25, -0.2) is 0 Å². The molecule has 0 saturated heterocycles. The second-order valence-electron chi connectivity index (χ2n) is 7.17. The molecule has 0 aliphatic rings. The molecule has 0 unspecified atom stereocenters. The summed E-state index contributed by atoms with van der Waals surface area (Å²) in [5.74, 6) is 0.834. The van der Waals surface area contributed by atoms with Crippen molar-refractivity contribution in [1.29, 1.82) is 0 Å². The molecule has 0 bridgehead atoms. The fraction of sp³-hybridized carbons (Fsp3) is 0.273. The highest BCUT2D eigenvalue weighted by Gasteiger charge is 2.13. The third-order valence-electron chi connectivity index (χ3n) is 4.12. The molecule has 2 aromatic carbocycles. The predicted molar refractivity (Wildman–Crippen MR) is 114 cm³/mol. The molecule has 6 nitrogen and oxygen atoms in total. The lowest BCUT2D eigenvalue weighted by Gasteiger charge is -2.07. The van der Waals surface area contributed by atoms with Gasteiger partial charge in [0.15, 0.2) is 5.78 Å². The van der Waals surface area contributed by atoms with Gasteiger partial charge in [0, 0.05) is 23.2 Å². The van der Waals surface area contributed by atoms with Crippen LogP contribution in [-0.4, -0.2) is 27.6 Å². The van der Waals surface area contributed by atoms with Crippen molar-refractivity contribution >= 4 is 29.1 Å². The zero-order chi connectivity index (χ0) is 20.8. The number of Topliss-reactive ketones (excluding diaryl/α,β-unsaturated/α-hetero) is 1. The summed E-state index contributed by atoms with van der Waals surface area (Å²) in [4.78, 5) is 24.2. The van der Waals surface area contributed by atoms with Crippen molar-refractivity contribution in [1.82, 2.24) is 10.2 Å². The van der Waals surface area contributed by atoms with Crippen LogP contribution in [0.15, 0.2) is 58.2 Å². The molecule has 3 rings (SSSR count). The van der Waals surface area contributed by atoms with Crippen LogP contribution in [0, 0.1) is 12.8 Å². The van der Waals surface area contributed by atoms with Gasteiger partial charge in [0.1, 0.15) is 0 Å². The Bertz CT molecular complexity index is 979. The largest absolute Gasteiger partial charge is 0.411 e. The van der Waals surface area contributed by atoms with Crippen molar-refractivity contribution in [3.05, 3.63) is 59.7 Å². The number of carbonyl (C=O) groups is 2. The van der Waals surface area contributed by atoms with E-state index in [2.05, 4.69) is 15.5 Å². The van der Waals surface area contributed by atoms with Gasteiger partial charge in [0.05, 0.1) is 5.75 Å². The van der Waals surface area contributed by atoms with Gasteiger partial charge in [-0.3, -0.25) is 9.59 Å². The fourth-order valence-electron chi connectivity index (χ4n) is 2.61. The van der Waals surface area contributed by atoms with Crippen LogP contribution in [0.4, 0.5) is 5.69 Å². The minimum atomic E-state index is -0.0508. The number of amides is 1. The number of benzene rings is 2. The van der Waals surface area contributed by atoms with Crippen molar-refractivity contribution < 1.29 is 14.0 Å². The summed E-state index contributed by atoms with van der Waals surface area (Å²) >= 11 is 1.20. The number of hydrogen-bond donors (Lipinski definition) is 1. The average molecular weight is 410 g/mol. The van der Waals surface area contributed by atoms with E-state index in [9.17, 15) is 9.59 Å². The Balaban J connectivity index is 1.54. The van der Waals surface area contributed by atoms with E-state index in [4.69, 9.17) is 4.42 Å². The molecule has 0 spiro atoms. The normalized spacial score (nSPS) is 10.9. The number of anilines is 1. The highest BCUT2D eigenvalue weighted by Crippen LogP contribution is 2.24. The second kappa shape index (κ2) is 9.52. The summed E-state index contributed by atoms with van der Waals surface area (Å²) in [6.07, 6.45) is 0.464. The maximum atomic E-state index is 12.4. The molecule has 29 heavy (non-hydrogen) atoms. The Morgan fingerprint density at radius 3 is 2.38 bits per heavy atom. The molecule has 0 saturated carbocycles. The standard InChI is InChI=1S/C22H23N3O3S/c1-14(2)12-20(27)23-18-10-8-16(9-11-18)19(26)13-29-22-25-24-21(28-22)17-6-4-15(3)5-7-17/h4-11,14H,12-13H2,1-3H3,(H,23,27). The van der Waals surface area contributed by atoms with Crippen molar-refractivity contribution in [2.75, 3.05) is 11.1 Å². The summed E-state index contributed by atoms with van der Waals surface area (Å²) in [5.41, 5.74) is 3.24. The number of aryl methyl sites for hydroxylation is 1. The van der Waals surface area contributed by atoms with Gasteiger partial charge >= 0.3 is 0 Å². The van der Waals surface area contributed by atoms with Crippen molar-refractivity contribution in [3.63, 3.8) is 0 Å². The van der Waals surface area contributed by atoms with E-state index in [1.807, 2.05) is 45.0 Å². The van der Waals surface area contributed by atoms with Crippen LogP contribution in [0.1, 0.15) is 36.2 Å². The molecule has 0 radical (unpaired) electrons. The van der Waals surface area contributed by atoms with E-state index in [-0.39, 0.29) is 17.4 Å². The maximum Gasteiger partial charge on any atom is 0.277 e. The van der Waals surface area contributed by atoms with Gasteiger partial charge in [-0.1, -0.05) is 43.3 Å². The lowest BCUT2D eigenvalue weighted by molar-refractivity contribution is -0.116. The zero-order valence-corrected chi connectivity index (χ0v) is 17.5. The molecule has 0 aliphatic carbocycles. The topological polar surface area (TPSA) is 85.1 Å². The van der Waals surface area contributed by atoms with Crippen LogP contribution in [0.3, 0.4) is 0 Å². The lowest BCUT2D eigenvalue weighted by atomic mass is 10.1. The number of carbonyl (C=O) groups excluding carboxylic acids is 2. The van der Waals surface area contributed by atoms with Crippen molar-refractivity contribution in [2.45, 2.75) is 32.4 Å². The van der Waals surface area contributed by atoms with E-state index < -0.39 is 0 Å². The number of thioether (sulfide) groups is 1. The molecule has 1 N–H and O–H groups in total. The van der Waals surface area contributed by atoms with Crippen LogP contribution < -0.4 is 5.32 Å². The molecule has 0 atom stereocenters. The Morgan fingerprint density at radius 2 is 1.72 bits per heavy atom. The number of hydrogen-bond acceptors (Lipinski definition) is 6. The van der Waals surface area contributed by atoms with E-state index in [1.165, 1.54) is 11.8 Å². The molecule has 150 valence electrons. The Kier molecular flexibility index (Phi) is 6.82. The molecule has 0 aliphatic heterocycles. The fourth-order valence-corrected chi connectivity index (χ4v) is 3.27. The number of ketones is 1. The summed E-state index contributed by atoms with van der Waals surface area (Å²) in [6.45, 7) is 5.99. The van der Waals surface area contributed by atoms with E-state index in [0.717, 1.165) is 11.1 Å². The van der Waals surface area contributed by atoms with E-state index in [0.29, 0.717) is 34.7 Å². The summed E-state index contributed by atoms with van der Waals surface area (Å²) < 4.78 is 5.63. The Hall–Kier alpha value is -2.93. The van der Waals surface area contributed by atoms with Crippen molar-refractivity contribution in [2.24, 2.45) is 5.92 Å². The molecule has 7 heteroatoms. The Labute approximate surface area is 174 Å². The highest BCUT2D eigenvalue weighted by molar-refractivity contribution is 7.99. The second-order valence-corrected chi connectivity index (χ2v) is 8.10. The summed E-state index contributed by atoms with van der Waals surface area (Å²) in [6, 6.07) is 14.7. The first kappa shape index (κ1) is 20.8. The van der Waals surface area contributed by atoms with Crippen molar-refractivity contribution in [3.8, 4) is 11.5 Å². The van der Waals surface area contributed by atoms with Gasteiger partial charge in [-0.15, -0.1) is 10.2 Å². The minimum Gasteiger partial charge on any atom is -0.411 e. The molecule has 1 amide bonds. The lowest BCUT2D eigenvalue weighted by Crippen LogP contribution is -2.14. The van der Waals surface area contributed by atoms with Gasteiger partial charge in [-0.2, -0.15) is 0 Å². The monoisotopic (exact) mass is 409 g/mol. The first-order valence-electron chi connectivity index (χ1n) is 9.37. The number of nitrogens with one attached hydrogen (secondary N) is 1. The van der Waals surface area contributed by atoms with Crippen LogP contribution in [0.5, 0.6) is 0 Å². The number of nitrogens with zero attached hydrogens (tertiary/aromatic N) is 2.